The molecule has 6 nitrogen and oxygen atoms in total. The quantitative estimate of drug-likeness (QED) is 0.589. The molecule has 0 bridgehead atoms. The number of H-pyrrole nitrogens is 1. The maximum Gasteiger partial charge on any atom is 0.260 e. The second-order valence-electron chi connectivity index (χ2n) is 7.71. The maximum absolute atomic E-state index is 12.6. The molecule has 1 aliphatic carbocycles. The highest BCUT2D eigenvalue weighted by Gasteiger charge is 2.30. The summed E-state index contributed by atoms with van der Waals surface area (Å²) in [4.78, 5) is 34.2. The van der Waals surface area contributed by atoms with Crippen LogP contribution in [-0.2, 0) is 17.6 Å². The summed E-state index contributed by atoms with van der Waals surface area (Å²) in [6.07, 6.45) is 3.03. The molecule has 0 saturated heterocycles. The lowest BCUT2D eigenvalue weighted by molar-refractivity contribution is -0.120. The van der Waals surface area contributed by atoms with Crippen LogP contribution in [0.25, 0.3) is 10.2 Å². The first-order valence-corrected chi connectivity index (χ1v) is 10.9. The van der Waals surface area contributed by atoms with Gasteiger partial charge in [-0.3, -0.25) is 9.59 Å². The standard InChI is InChI=1S/C19H24N4O2S2/c1-10(2)19(4,9-20)23-14(24)8-26-18-21-16(25)15-12-6-5-11(3)7-13(12)27-17(15)22-18/h10-11H,5-8H2,1-4H3,(H,23,24)(H,21,22,25)/t11-,19+/m1/s1. The Morgan fingerprint density at radius 2 is 2.30 bits per heavy atom. The van der Waals surface area contributed by atoms with E-state index in [9.17, 15) is 14.9 Å². The molecule has 2 aromatic heterocycles. The van der Waals surface area contributed by atoms with Crippen LogP contribution in [0.2, 0.25) is 0 Å². The van der Waals surface area contributed by atoms with E-state index in [-0.39, 0.29) is 23.1 Å². The molecule has 0 radical (unpaired) electrons. The Balaban J connectivity index is 1.76. The number of nitrogens with zero attached hydrogens (tertiary/aromatic N) is 2. The van der Waals surface area contributed by atoms with Crippen molar-refractivity contribution in [3.8, 4) is 6.07 Å². The predicted molar refractivity (Wildman–Crippen MR) is 109 cm³/mol. The number of aromatic nitrogens is 2. The van der Waals surface area contributed by atoms with Gasteiger partial charge in [0.05, 0.1) is 17.2 Å². The molecule has 1 aliphatic rings. The number of hydrogen-bond acceptors (Lipinski definition) is 6. The highest BCUT2D eigenvalue weighted by atomic mass is 32.2. The molecule has 8 heteroatoms. The van der Waals surface area contributed by atoms with Gasteiger partial charge >= 0.3 is 0 Å². The average molecular weight is 405 g/mol. The minimum atomic E-state index is -0.911. The molecule has 1 amide bonds. The first kappa shape index (κ1) is 19.9. The van der Waals surface area contributed by atoms with Crippen LogP contribution >= 0.6 is 23.1 Å². The summed E-state index contributed by atoms with van der Waals surface area (Å²) < 4.78 is 0. The van der Waals surface area contributed by atoms with Gasteiger partial charge in [0.2, 0.25) is 5.91 Å². The normalized spacial score (nSPS) is 18.7. The van der Waals surface area contributed by atoms with E-state index in [1.165, 1.54) is 16.6 Å². The van der Waals surface area contributed by atoms with Gasteiger partial charge in [0.15, 0.2) is 5.16 Å². The van der Waals surface area contributed by atoms with Gasteiger partial charge in [-0.15, -0.1) is 11.3 Å². The van der Waals surface area contributed by atoms with Crippen molar-refractivity contribution in [3.63, 3.8) is 0 Å². The molecule has 2 heterocycles. The number of fused-ring (bicyclic) bond motifs is 3. The number of thiophene rings is 1. The Hall–Kier alpha value is -1.85. The highest BCUT2D eigenvalue weighted by Crippen LogP contribution is 2.36. The van der Waals surface area contributed by atoms with Crippen LogP contribution in [0.3, 0.4) is 0 Å². The Morgan fingerprint density at radius 1 is 1.56 bits per heavy atom. The van der Waals surface area contributed by atoms with Crippen molar-refractivity contribution >= 4 is 39.2 Å². The Labute approximate surface area is 166 Å². The number of nitrogens with one attached hydrogen (secondary N) is 2. The van der Waals surface area contributed by atoms with Crippen molar-refractivity contribution in [2.75, 3.05) is 5.75 Å². The average Bonchev–Trinajstić information content (AvgIpc) is 2.97. The van der Waals surface area contributed by atoms with Crippen molar-refractivity contribution in [1.29, 1.82) is 5.26 Å². The topological polar surface area (TPSA) is 98.6 Å². The van der Waals surface area contributed by atoms with E-state index in [1.807, 2.05) is 13.8 Å². The summed E-state index contributed by atoms with van der Waals surface area (Å²) in [5.41, 5.74) is 0.114. The molecule has 0 fully saturated rings. The zero-order chi connectivity index (χ0) is 19.8. The smallest absolute Gasteiger partial charge is 0.260 e. The van der Waals surface area contributed by atoms with Crippen molar-refractivity contribution in [2.45, 2.75) is 57.7 Å². The lowest BCUT2D eigenvalue weighted by Gasteiger charge is -2.27. The van der Waals surface area contributed by atoms with Gasteiger partial charge in [-0.2, -0.15) is 5.26 Å². The lowest BCUT2D eigenvalue weighted by atomic mass is 9.89. The number of aromatic amines is 1. The highest BCUT2D eigenvalue weighted by molar-refractivity contribution is 7.99. The van der Waals surface area contributed by atoms with E-state index < -0.39 is 5.54 Å². The first-order valence-electron chi connectivity index (χ1n) is 9.13. The summed E-state index contributed by atoms with van der Waals surface area (Å²) >= 11 is 2.78. The maximum atomic E-state index is 12.6. The number of hydrogen-bond donors (Lipinski definition) is 2. The van der Waals surface area contributed by atoms with Crippen LogP contribution in [0.15, 0.2) is 9.95 Å². The molecule has 0 aliphatic heterocycles. The van der Waals surface area contributed by atoms with Crippen LogP contribution in [0.5, 0.6) is 0 Å². The lowest BCUT2D eigenvalue weighted by Crippen LogP contribution is -2.49. The van der Waals surface area contributed by atoms with Gasteiger partial charge in [-0.1, -0.05) is 32.5 Å². The molecule has 2 N–H and O–H groups in total. The molecule has 0 saturated carbocycles. The van der Waals surface area contributed by atoms with Gasteiger partial charge < -0.3 is 10.3 Å². The third-order valence-corrected chi connectivity index (χ3v) is 7.29. The molecular weight excluding hydrogens is 380 g/mol. The van der Waals surface area contributed by atoms with E-state index in [4.69, 9.17) is 0 Å². The second kappa shape index (κ2) is 7.64. The van der Waals surface area contributed by atoms with E-state index in [1.54, 1.807) is 18.3 Å². The minimum Gasteiger partial charge on any atom is -0.337 e. The van der Waals surface area contributed by atoms with Gasteiger partial charge in [0.1, 0.15) is 10.4 Å². The fraction of sp³-hybridized carbons (Fsp3) is 0.579. The third-order valence-electron chi connectivity index (χ3n) is 5.27. The molecule has 27 heavy (non-hydrogen) atoms. The number of aryl methyl sites for hydroxylation is 1. The number of rotatable bonds is 5. The van der Waals surface area contributed by atoms with E-state index >= 15 is 0 Å². The van der Waals surface area contributed by atoms with Gasteiger partial charge in [0, 0.05) is 4.88 Å². The van der Waals surface area contributed by atoms with Crippen molar-refractivity contribution in [3.05, 3.63) is 20.8 Å². The molecule has 3 rings (SSSR count). The van der Waals surface area contributed by atoms with Crippen LogP contribution in [0.1, 0.15) is 44.6 Å². The monoisotopic (exact) mass is 404 g/mol. The fourth-order valence-electron chi connectivity index (χ4n) is 3.16. The summed E-state index contributed by atoms with van der Waals surface area (Å²) in [7, 11) is 0. The summed E-state index contributed by atoms with van der Waals surface area (Å²) in [5, 5.41) is 13.2. The summed E-state index contributed by atoms with van der Waals surface area (Å²) in [5.74, 6) is 0.476. The largest absolute Gasteiger partial charge is 0.337 e. The molecule has 144 valence electrons. The molecule has 0 aromatic carbocycles. The fourth-order valence-corrected chi connectivity index (χ4v) is 5.26. The van der Waals surface area contributed by atoms with Gasteiger partial charge in [-0.05, 0) is 43.6 Å². The van der Waals surface area contributed by atoms with Crippen molar-refractivity contribution < 1.29 is 4.79 Å². The Bertz CT molecular complexity index is 972. The summed E-state index contributed by atoms with van der Waals surface area (Å²) in [6, 6.07) is 2.16. The molecule has 0 unspecified atom stereocenters. The predicted octanol–water partition coefficient (Wildman–Crippen LogP) is 3.26. The Morgan fingerprint density at radius 3 is 2.96 bits per heavy atom. The SMILES string of the molecule is CC(C)[C@](C)(C#N)NC(=O)CSc1nc2sc3c(c2c(=O)[nH]1)CC[C@@H](C)C3. The molecule has 2 aromatic rings. The van der Waals surface area contributed by atoms with Gasteiger partial charge in [0.25, 0.3) is 5.56 Å². The molecule has 0 spiro atoms. The number of thioether (sulfide) groups is 1. The summed E-state index contributed by atoms with van der Waals surface area (Å²) in [6.45, 7) is 7.73. The first-order chi connectivity index (χ1) is 12.7. The van der Waals surface area contributed by atoms with E-state index in [0.29, 0.717) is 16.5 Å². The van der Waals surface area contributed by atoms with E-state index in [0.717, 1.165) is 29.7 Å². The zero-order valence-corrected chi connectivity index (χ0v) is 17.6. The van der Waals surface area contributed by atoms with Crippen LogP contribution in [0.4, 0.5) is 0 Å². The van der Waals surface area contributed by atoms with Crippen LogP contribution < -0.4 is 10.9 Å². The number of amides is 1. The number of carbonyl (C=O) groups excluding carboxylic acids is 1. The van der Waals surface area contributed by atoms with Gasteiger partial charge in [-0.25, -0.2) is 4.98 Å². The molecular formula is C19H24N4O2S2. The number of nitriles is 1. The third kappa shape index (κ3) is 4.04. The zero-order valence-electron chi connectivity index (χ0n) is 16.0. The second-order valence-corrected chi connectivity index (χ2v) is 9.76. The Kier molecular flexibility index (Phi) is 5.63. The number of carbonyl (C=O) groups is 1. The van der Waals surface area contributed by atoms with Crippen LogP contribution in [0, 0.1) is 23.2 Å². The van der Waals surface area contributed by atoms with E-state index in [2.05, 4.69) is 28.3 Å². The van der Waals surface area contributed by atoms with Crippen molar-refractivity contribution in [2.24, 2.45) is 11.8 Å². The molecule has 2 atom stereocenters. The van der Waals surface area contributed by atoms with Crippen molar-refractivity contribution in [1.82, 2.24) is 15.3 Å². The van der Waals surface area contributed by atoms with Crippen LogP contribution in [-0.4, -0.2) is 27.2 Å². The minimum absolute atomic E-state index is 0.00874.